The lowest BCUT2D eigenvalue weighted by Gasteiger charge is -2.28. The summed E-state index contributed by atoms with van der Waals surface area (Å²) in [5.74, 6) is 0.197. The molecule has 2 atom stereocenters. The van der Waals surface area contributed by atoms with Crippen LogP contribution in [0.3, 0.4) is 0 Å². The van der Waals surface area contributed by atoms with Crippen molar-refractivity contribution in [2.45, 2.75) is 37.7 Å². The zero-order valence-electron chi connectivity index (χ0n) is 9.49. The number of aromatic amines is 1. The Morgan fingerprint density at radius 2 is 2.12 bits per heavy atom. The zero-order valence-corrected chi connectivity index (χ0v) is 10.2. The maximum atomic E-state index is 10.1. The van der Waals surface area contributed by atoms with Gasteiger partial charge in [-0.05, 0) is 30.5 Å². The molecule has 1 fully saturated rings. The van der Waals surface area contributed by atoms with Crippen LogP contribution in [-0.2, 0) is 0 Å². The van der Waals surface area contributed by atoms with Crippen molar-refractivity contribution in [3.8, 4) is 0 Å². The van der Waals surface area contributed by atoms with Crippen molar-refractivity contribution in [3.63, 3.8) is 0 Å². The van der Waals surface area contributed by atoms with Crippen LogP contribution in [0, 0.1) is 0 Å². The maximum absolute atomic E-state index is 10.1. The Morgan fingerprint density at radius 3 is 2.94 bits per heavy atom. The average Bonchev–Trinajstić information content (AvgIpc) is 2.76. The van der Waals surface area contributed by atoms with Crippen LogP contribution in [0.25, 0.3) is 10.9 Å². The molecular weight excluding hydrogens is 236 g/mol. The van der Waals surface area contributed by atoms with Gasteiger partial charge >= 0.3 is 0 Å². The van der Waals surface area contributed by atoms with Gasteiger partial charge < -0.3 is 5.11 Å². The number of aliphatic hydroxyl groups excluding tert-OH is 1. The van der Waals surface area contributed by atoms with Gasteiger partial charge in [0.05, 0.1) is 17.8 Å². The maximum Gasteiger partial charge on any atom is 0.0668 e. The van der Waals surface area contributed by atoms with Gasteiger partial charge in [-0.15, -0.1) is 0 Å². The Balaban J connectivity index is 2.11. The fraction of sp³-hybridized carbons (Fsp3) is 0.462. The molecule has 0 amide bonds. The Labute approximate surface area is 105 Å². The number of nitrogens with one attached hydrogen (secondary N) is 1. The highest BCUT2D eigenvalue weighted by Gasteiger charge is 2.26. The molecule has 1 aliphatic rings. The Bertz CT molecular complexity index is 537. The number of fused-ring (bicyclic) bond motifs is 1. The van der Waals surface area contributed by atoms with Crippen molar-refractivity contribution in [2.24, 2.45) is 0 Å². The molecule has 1 aromatic carbocycles. The minimum absolute atomic E-state index is 0.197. The minimum atomic E-state index is -0.250. The van der Waals surface area contributed by atoms with E-state index >= 15 is 0 Å². The van der Waals surface area contributed by atoms with Gasteiger partial charge in [0.25, 0.3) is 0 Å². The molecule has 2 aromatic rings. The largest absolute Gasteiger partial charge is 0.392 e. The molecule has 3 rings (SSSR count). The molecule has 3 nitrogen and oxygen atoms in total. The van der Waals surface area contributed by atoms with E-state index < -0.39 is 0 Å². The van der Waals surface area contributed by atoms with E-state index in [1.807, 2.05) is 18.3 Å². The van der Waals surface area contributed by atoms with E-state index in [0.29, 0.717) is 5.02 Å². The van der Waals surface area contributed by atoms with Crippen molar-refractivity contribution in [1.82, 2.24) is 10.2 Å². The quantitative estimate of drug-likeness (QED) is 0.816. The summed E-state index contributed by atoms with van der Waals surface area (Å²) in [6.07, 6.45) is 5.78. The third kappa shape index (κ3) is 1.94. The number of hydrogen-bond donors (Lipinski definition) is 2. The minimum Gasteiger partial charge on any atom is -0.392 e. The first-order chi connectivity index (χ1) is 8.25. The normalized spacial score (nSPS) is 25.3. The van der Waals surface area contributed by atoms with E-state index in [-0.39, 0.29) is 12.0 Å². The van der Waals surface area contributed by atoms with Crippen molar-refractivity contribution in [1.29, 1.82) is 0 Å². The molecule has 1 aromatic heterocycles. The lowest BCUT2D eigenvalue weighted by Crippen LogP contribution is -2.22. The van der Waals surface area contributed by atoms with E-state index in [0.717, 1.165) is 35.7 Å². The number of benzene rings is 1. The topological polar surface area (TPSA) is 48.9 Å². The van der Waals surface area contributed by atoms with E-state index in [1.165, 1.54) is 6.42 Å². The number of nitrogens with zero attached hydrogens (tertiary/aromatic N) is 1. The average molecular weight is 251 g/mol. The van der Waals surface area contributed by atoms with E-state index in [2.05, 4.69) is 10.2 Å². The first-order valence-corrected chi connectivity index (χ1v) is 6.44. The van der Waals surface area contributed by atoms with Crippen LogP contribution in [0.15, 0.2) is 18.3 Å². The molecule has 1 saturated carbocycles. The van der Waals surface area contributed by atoms with Crippen LogP contribution in [0.5, 0.6) is 0 Å². The van der Waals surface area contributed by atoms with Crippen LogP contribution < -0.4 is 0 Å². The Kier molecular flexibility index (Phi) is 2.81. The van der Waals surface area contributed by atoms with Gasteiger partial charge in [0.1, 0.15) is 0 Å². The van der Waals surface area contributed by atoms with Gasteiger partial charge in [-0.2, -0.15) is 5.10 Å². The molecule has 2 N–H and O–H groups in total. The van der Waals surface area contributed by atoms with Crippen LogP contribution in [-0.4, -0.2) is 21.4 Å². The molecular formula is C13H15ClN2O. The van der Waals surface area contributed by atoms with Gasteiger partial charge in [0.2, 0.25) is 0 Å². The highest BCUT2D eigenvalue weighted by molar-refractivity contribution is 6.31. The fourth-order valence-electron chi connectivity index (χ4n) is 2.82. The summed E-state index contributed by atoms with van der Waals surface area (Å²) in [5, 5.41) is 18.9. The predicted molar refractivity (Wildman–Crippen MR) is 68.3 cm³/mol. The van der Waals surface area contributed by atoms with Crippen molar-refractivity contribution >= 4 is 22.5 Å². The Morgan fingerprint density at radius 1 is 1.29 bits per heavy atom. The lowest BCUT2D eigenvalue weighted by molar-refractivity contribution is 0.107. The number of aliphatic hydroxyl groups is 1. The Hall–Kier alpha value is -1.06. The summed E-state index contributed by atoms with van der Waals surface area (Å²) in [5.41, 5.74) is 2.08. The third-order valence-electron chi connectivity index (χ3n) is 3.68. The second kappa shape index (κ2) is 4.31. The zero-order chi connectivity index (χ0) is 11.8. The van der Waals surface area contributed by atoms with E-state index in [9.17, 15) is 5.11 Å². The summed E-state index contributed by atoms with van der Waals surface area (Å²) in [6, 6.07) is 3.85. The molecule has 0 spiro atoms. The van der Waals surface area contributed by atoms with Crippen molar-refractivity contribution < 1.29 is 5.11 Å². The molecule has 0 saturated heterocycles. The summed E-state index contributed by atoms with van der Waals surface area (Å²) < 4.78 is 0. The van der Waals surface area contributed by atoms with Crippen LogP contribution in [0.1, 0.15) is 37.2 Å². The lowest BCUT2D eigenvalue weighted by atomic mass is 9.80. The highest BCUT2D eigenvalue weighted by Crippen LogP contribution is 2.37. The monoisotopic (exact) mass is 250 g/mol. The molecule has 0 radical (unpaired) electrons. The summed E-state index contributed by atoms with van der Waals surface area (Å²) in [4.78, 5) is 0. The van der Waals surface area contributed by atoms with Crippen LogP contribution in [0.2, 0.25) is 5.02 Å². The molecule has 0 unspecified atom stereocenters. The van der Waals surface area contributed by atoms with Crippen LogP contribution >= 0.6 is 11.6 Å². The molecule has 4 heteroatoms. The first-order valence-electron chi connectivity index (χ1n) is 6.06. The van der Waals surface area contributed by atoms with Crippen molar-refractivity contribution in [2.75, 3.05) is 0 Å². The number of hydrogen-bond acceptors (Lipinski definition) is 2. The number of rotatable bonds is 1. The predicted octanol–water partition coefficient (Wildman–Crippen LogP) is 3.23. The van der Waals surface area contributed by atoms with Gasteiger partial charge in [-0.3, -0.25) is 5.10 Å². The summed E-state index contributed by atoms with van der Waals surface area (Å²) in [6.45, 7) is 0. The van der Waals surface area contributed by atoms with E-state index in [4.69, 9.17) is 11.6 Å². The SMILES string of the molecule is O[C@@H]1CCCC[C@@H]1c1cc(Cl)cc2[nH]ncc12. The number of aromatic nitrogens is 2. The van der Waals surface area contributed by atoms with Gasteiger partial charge in [0.15, 0.2) is 0 Å². The number of halogens is 1. The molecule has 0 aliphatic heterocycles. The summed E-state index contributed by atoms with van der Waals surface area (Å²) >= 11 is 6.12. The summed E-state index contributed by atoms with van der Waals surface area (Å²) in [7, 11) is 0. The fourth-order valence-corrected chi connectivity index (χ4v) is 3.05. The third-order valence-corrected chi connectivity index (χ3v) is 3.90. The second-order valence-electron chi connectivity index (χ2n) is 4.78. The van der Waals surface area contributed by atoms with Gasteiger partial charge in [0, 0.05) is 16.3 Å². The smallest absolute Gasteiger partial charge is 0.0668 e. The van der Waals surface area contributed by atoms with Gasteiger partial charge in [-0.1, -0.05) is 24.4 Å². The van der Waals surface area contributed by atoms with Crippen molar-refractivity contribution in [3.05, 3.63) is 28.9 Å². The molecule has 1 heterocycles. The molecule has 0 bridgehead atoms. The molecule has 90 valence electrons. The molecule has 17 heavy (non-hydrogen) atoms. The number of H-pyrrole nitrogens is 1. The van der Waals surface area contributed by atoms with Crippen LogP contribution in [0.4, 0.5) is 0 Å². The highest BCUT2D eigenvalue weighted by atomic mass is 35.5. The first kappa shape index (κ1) is 11.1. The van der Waals surface area contributed by atoms with E-state index in [1.54, 1.807) is 0 Å². The second-order valence-corrected chi connectivity index (χ2v) is 5.22. The van der Waals surface area contributed by atoms with Gasteiger partial charge in [-0.25, -0.2) is 0 Å². The molecule has 1 aliphatic carbocycles. The standard InChI is InChI=1S/C13H15ClN2O/c14-8-5-10(9-3-1-2-4-13(9)17)11-7-15-16-12(11)6-8/h5-7,9,13,17H,1-4H2,(H,15,16)/t9-,13-/m1/s1.